The van der Waals surface area contributed by atoms with Crippen molar-refractivity contribution in [3.05, 3.63) is 30.3 Å². The minimum Gasteiger partial charge on any atom is -0.354 e. The number of hydrogen-bond acceptors (Lipinski definition) is 3. The summed E-state index contributed by atoms with van der Waals surface area (Å²) in [4.78, 5) is 13.2. The van der Waals surface area contributed by atoms with Crippen molar-refractivity contribution in [2.24, 2.45) is 0 Å². The second kappa shape index (κ2) is 6.25. The molecule has 2 rings (SSSR count). The highest BCUT2D eigenvalue weighted by molar-refractivity contribution is 7.99. The van der Waals surface area contributed by atoms with Gasteiger partial charge in [-0.25, -0.2) is 0 Å². The van der Waals surface area contributed by atoms with Crippen molar-refractivity contribution in [2.45, 2.75) is 30.2 Å². The third-order valence-electron chi connectivity index (χ3n) is 3.27. The van der Waals surface area contributed by atoms with E-state index < -0.39 is 0 Å². The molecule has 98 valence electrons. The maximum absolute atomic E-state index is 12.0. The lowest BCUT2D eigenvalue weighted by Crippen LogP contribution is -2.51. The molecular formula is C14H20N2OS. The summed E-state index contributed by atoms with van der Waals surface area (Å²) in [6.07, 6.45) is 2.02. The predicted octanol–water partition coefficient (Wildman–Crippen LogP) is 2.04. The van der Waals surface area contributed by atoms with Crippen LogP contribution in [0.4, 0.5) is 0 Å². The number of amides is 1. The zero-order valence-electron chi connectivity index (χ0n) is 10.7. The van der Waals surface area contributed by atoms with E-state index in [-0.39, 0.29) is 11.4 Å². The van der Waals surface area contributed by atoms with Gasteiger partial charge in [-0.15, -0.1) is 11.8 Å². The van der Waals surface area contributed by atoms with E-state index in [9.17, 15) is 4.79 Å². The summed E-state index contributed by atoms with van der Waals surface area (Å²) in [5, 5.41) is 6.29. The average molecular weight is 264 g/mol. The van der Waals surface area contributed by atoms with Crippen molar-refractivity contribution in [2.75, 3.05) is 18.8 Å². The van der Waals surface area contributed by atoms with E-state index in [1.54, 1.807) is 11.8 Å². The van der Waals surface area contributed by atoms with Gasteiger partial charge in [0.2, 0.25) is 5.91 Å². The Morgan fingerprint density at radius 1 is 1.44 bits per heavy atom. The number of rotatable bonds is 5. The third-order valence-corrected chi connectivity index (χ3v) is 4.28. The van der Waals surface area contributed by atoms with Gasteiger partial charge in [-0.1, -0.05) is 18.2 Å². The fourth-order valence-corrected chi connectivity index (χ4v) is 2.92. The standard InChI is InChI=1S/C14H20N2OS/c1-14(8-5-9-16-14)13(17)15-10-11-18-12-6-3-2-4-7-12/h2-4,6-7,16H,5,8-11H2,1H3,(H,15,17). The summed E-state index contributed by atoms with van der Waals surface area (Å²) in [6, 6.07) is 10.3. The molecule has 1 aliphatic heterocycles. The van der Waals surface area contributed by atoms with E-state index in [2.05, 4.69) is 22.8 Å². The molecule has 2 N–H and O–H groups in total. The molecule has 1 atom stereocenters. The Morgan fingerprint density at radius 3 is 2.89 bits per heavy atom. The minimum absolute atomic E-state index is 0.133. The fourth-order valence-electron chi connectivity index (χ4n) is 2.13. The lowest BCUT2D eigenvalue weighted by atomic mass is 9.99. The molecule has 0 radical (unpaired) electrons. The summed E-state index contributed by atoms with van der Waals surface area (Å²) in [5.74, 6) is 1.04. The van der Waals surface area contributed by atoms with Crippen molar-refractivity contribution in [3.8, 4) is 0 Å². The molecule has 0 aromatic heterocycles. The Labute approximate surface area is 113 Å². The van der Waals surface area contributed by atoms with Crippen LogP contribution in [-0.4, -0.2) is 30.3 Å². The van der Waals surface area contributed by atoms with Gasteiger partial charge in [0.25, 0.3) is 0 Å². The molecule has 1 fully saturated rings. The number of carbonyl (C=O) groups is 1. The highest BCUT2D eigenvalue weighted by Gasteiger charge is 2.35. The Balaban J connectivity index is 1.68. The molecule has 1 unspecified atom stereocenters. The lowest BCUT2D eigenvalue weighted by molar-refractivity contribution is -0.126. The molecule has 0 spiro atoms. The first-order chi connectivity index (χ1) is 8.71. The zero-order chi connectivity index (χ0) is 12.8. The van der Waals surface area contributed by atoms with Crippen molar-refractivity contribution in [1.82, 2.24) is 10.6 Å². The third kappa shape index (κ3) is 3.50. The molecule has 18 heavy (non-hydrogen) atoms. The largest absolute Gasteiger partial charge is 0.354 e. The molecule has 1 amide bonds. The molecule has 0 aliphatic carbocycles. The molecule has 0 bridgehead atoms. The molecule has 3 nitrogen and oxygen atoms in total. The van der Waals surface area contributed by atoms with Gasteiger partial charge in [0.05, 0.1) is 5.54 Å². The molecule has 0 saturated carbocycles. The maximum atomic E-state index is 12.0. The Kier molecular flexibility index (Phi) is 4.66. The van der Waals surface area contributed by atoms with Gasteiger partial charge in [-0.3, -0.25) is 4.79 Å². The van der Waals surface area contributed by atoms with Crippen LogP contribution in [0.25, 0.3) is 0 Å². The minimum atomic E-state index is -0.350. The van der Waals surface area contributed by atoms with E-state index in [0.29, 0.717) is 0 Å². The summed E-state index contributed by atoms with van der Waals surface area (Å²) in [7, 11) is 0. The Bertz CT molecular complexity index is 388. The van der Waals surface area contributed by atoms with Crippen LogP contribution >= 0.6 is 11.8 Å². The highest BCUT2D eigenvalue weighted by Crippen LogP contribution is 2.19. The summed E-state index contributed by atoms with van der Waals surface area (Å²) in [6.45, 7) is 3.65. The number of carbonyl (C=O) groups excluding carboxylic acids is 1. The van der Waals surface area contributed by atoms with Gasteiger partial charge >= 0.3 is 0 Å². The van der Waals surface area contributed by atoms with Gasteiger partial charge in [0, 0.05) is 17.2 Å². The van der Waals surface area contributed by atoms with Crippen LogP contribution in [0, 0.1) is 0 Å². The molecule has 1 heterocycles. The molecule has 1 aromatic rings. The number of hydrogen-bond donors (Lipinski definition) is 2. The predicted molar refractivity (Wildman–Crippen MR) is 75.8 cm³/mol. The summed E-state index contributed by atoms with van der Waals surface area (Å²) in [5.41, 5.74) is -0.350. The van der Waals surface area contributed by atoms with E-state index in [4.69, 9.17) is 0 Å². The fraction of sp³-hybridized carbons (Fsp3) is 0.500. The molecule has 4 heteroatoms. The molecule has 1 aromatic carbocycles. The van der Waals surface area contributed by atoms with Crippen LogP contribution in [0.3, 0.4) is 0 Å². The molecule has 1 saturated heterocycles. The van der Waals surface area contributed by atoms with Gasteiger partial charge < -0.3 is 10.6 Å². The van der Waals surface area contributed by atoms with Crippen LogP contribution in [0.2, 0.25) is 0 Å². The highest BCUT2D eigenvalue weighted by atomic mass is 32.2. The first-order valence-corrected chi connectivity index (χ1v) is 7.40. The topological polar surface area (TPSA) is 41.1 Å². The first-order valence-electron chi connectivity index (χ1n) is 6.42. The van der Waals surface area contributed by atoms with E-state index in [0.717, 1.165) is 31.7 Å². The Hall–Kier alpha value is -1.00. The van der Waals surface area contributed by atoms with Crippen LogP contribution in [-0.2, 0) is 4.79 Å². The Morgan fingerprint density at radius 2 is 2.22 bits per heavy atom. The van der Waals surface area contributed by atoms with Crippen molar-refractivity contribution in [3.63, 3.8) is 0 Å². The molecule has 1 aliphatic rings. The number of thioether (sulfide) groups is 1. The molecular weight excluding hydrogens is 244 g/mol. The zero-order valence-corrected chi connectivity index (χ0v) is 11.6. The van der Waals surface area contributed by atoms with Crippen LogP contribution < -0.4 is 10.6 Å². The van der Waals surface area contributed by atoms with Gasteiger partial charge in [0.15, 0.2) is 0 Å². The van der Waals surface area contributed by atoms with E-state index in [1.807, 2.05) is 25.1 Å². The van der Waals surface area contributed by atoms with E-state index in [1.165, 1.54) is 4.90 Å². The normalized spacial score (nSPS) is 22.9. The van der Waals surface area contributed by atoms with Crippen LogP contribution in [0.5, 0.6) is 0 Å². The number of nitrogens with one attached hydrogen (secondary N) is 2. The van der Waals surface area contributed by atoms with Crippen LogP contribution in [0.15, 0.2) is 35.2 Å². The maximum Gasteiger partial charge on any atom is 0.240 e. The summed E-state index contributed by atoms with van der Waals surface area (Å²) < 4.78 is 0. The lowest BCUT2D eigenvalue weighted by Gasteiger charge is -2.22. The quantitative estimate of drug-likeness (QED) is 0.631. The average Bonchev–Trinajstić information content (AvgIpc) is 2.84. The van der Waals surface area contributed by atoms with Crippen molar-refractivity contribution < 1.29 is 4.79 Å². The second-order valence-electron chi connectivity index (χ2n) is 4.78. The van der Waals surface area contributed by atoms with Gasteiger partial charge in [-0.2, -0.15) is 0 Å². The van der Waals surface area contributed by atoms with Crippen LogP contribution in [0.1, 0.15) is 19.8 Å². The van der Waals surface area contributed by atoms with Crippen molar-refractivity contribution >= 4 is 17.7 Å². The van der Waals surface area contributed by atoms with Crippen molar-refractivity contribution in [1.29, 1.82) is 0 Å². The monoisotopic (exact) mass is 264 g/mol. The first kappa shape index (κ1) is 13.4. The number of benzene rings is 1. The second-order valence-corrected chi connectivity index (χ2v) is 5.95. The SMILES string of the molecule is CC1(C(=O)NCCSc2ccccc2)CCCN1. The van der Waals surface area contributed by atoms with Gasteiger partial charge in [-0.05, 0) is 38.4 Å². The smallest absolute Gasteiger partial charge is 0.240 e. The van der Waals surface area contributed by atoms with E-state index >= 15 is 0 Å². The van der Waals surface area contributed by atoms with Gasteiger partial charge in [0.1, 0.15) is 0 Å². The summed E-state index contributed by atoms with van der Waals surface area (Å²) >= 11 is 1.77.